The van der Waals surface area contributed by atoms with Crippen molar-refractivity contribution < 1.29 is 18.1 Å². The molecule has 0 unspecified atom stereocenters. The summed E-state index contributed by atoms with van der Waals surface area (Å²) in [6, 6.07) is 7.27. The number of carbonyl (C=O) groups is 1. The van der Waals surface area contributed by atoms with Crippen molar-refractivity contribution in [2.24, 2.45) is 0 Å². The zero-order chi connectivity index (χ0) is 21.2. The molecule has 0 bridgehead atoms. The number of nitro groups is 1. The summed E-state index contributed by atoms with van der Waals surface area (Å²) in [4.78, 5) is 23.2. The van der Waals surface area contributed by atoms with Gasteiger partial charge < -0.3 is 5.32 Å². The maximum absolute atomic E-state index is 12.7. The third kappa shape index (κ3) is 4.73. The van der Waals surface area contributed by atoms with Gasteiger partial charge in [-0.1, -0.05) is 29.3 Å². The number of hydrogen-bond acceptors (Lipinski definition) is 5. The highest BCUT2D eigenvalue weighted by Gasteiger charge is 2.30. The fourth-order valence-corrected chi connectivity index (χ4v) is 4.08. The molecule has 0 aliphatic carbocycles. The van der Waals surface area contributed by atoms with Gasteiger partial charge in [-0.15, -0.1) is 0 Å². The van der Waals surface area contributed by atoms with E-state index in [2.05, 4.69) is 5.32 Å². The van der Waals surface area contributed by atoms with Crippen molar-refractivity contribution in [2.45, 2.75) is 19.9 Å². The first kappa shape index (κ1) is 21.9. The molecule has 1 atom stereocenters. The molecule has 1 N–H and O–H groups in total. The van der Waals surface area contributed by atoms with E-state index in [0.29, 0.717) is 0 Å². The molecule has 0 spiro atoms. The first-order valence-electron chi connectivity index (χ1n) is 7.92. The van der Waals surface area contributed by atoms with Crippen LogP contribution in [0.4, 0.5) is 17.1 Å². The first-order chi connectivity index (χ1) is 12.9. The van der Waals surface area contributed by atoms with Crippen LogP contribution < -0.4 is 9.62 Å². The standard InChI is InChI=1S/C17H17Cl2N3O5S/c1-10-15(5-4-6-16(10)22(24)25)20-17(23)11(2)21(28(3,26)27)12-7-8-13(18)14(19)9-12/h4-9,11H,1-3H3,(H,20,23)/t11-/m1/s1. The first-order valence-corrected chi connectivity index (χ1v) is 10.5. The van der Waals surface area contributed by atoms with Crippen LogP contribution in [-0.4, -0.2) is 31.5 Å². The Balaban J connectivity index is 2.39. The van der Waals surface area contributed by atoms with E-state index in [9.17, 15) is 23.3 Å². The van der Waals surface area contributed by atoms with Gasteiger partial charge in [0.2, 0.25) is 15.9 Å². The summed E-state index contributed by atoms with van der Waals surface area (Å²) < 4.78 is 25.5. The van der Waals surface area contributed by atoms with Gasteiger partial charge in [0.1, 0.15) is 6.04 Å². The molecule has 150 valence electrons. The van der Waals surface area contributed by atoms with Gasteiger partial charge in [0.25, 0.3) is 5.69 Å². The van der Waals surface area contributed by atoms with E-state index in [1.165, 1.54) is 50.2 Å². The maximum atomic E-state index is 12.7. The molecule has 0 saturated carbocycles. The van der Waals surface area contributed by atoms with Crippen LogP contribution >= 0.6 is 23.2 Å². The molecule has 0 aromatic heterocycles. The fraction of sp³-hybridized carbons (Fsp3) is 0.235. The molecular formula is C17H17Cl2N3O5S. The van der Waals surface area contributed by atoms with Gasteiger partial charge in [-0.25, -0.2) is 8.42 Å². The highest BCUT2D eigenvalue weighted by molar-refractivity contribution is 7.92. The zero-order valence-corrected chi connectivity index (χ0v) is 17.5. The predicted molar refractivity (Wildman–Crippen MR) is 110 cm³/mol. The molecule has 2 rings (SSSR count). The molecule has 0 radical (unpaired) electrons. The van der Waals surface area contributed by atoms with Crippen molar-refractivity contribution in [2.75, 3.05) is 15.9 Å². The smallest absolute Gasteiger partial charge is 0.274 e. The Morgan fingerprint density at radius 3 is 2.39 bits per heavy atom. The number of halogens is 2. The van der Waals surface area contributed by atoms with Gasteiger partial charge >= 0.3 is 0 Å². The molecular weight excluding hydrogens is 429 g/mol. The Hall–Kier alpha value is -2.36. The SMILES string of the molecule is Cc1c(NC(=O)[C@@H](C)N(c2ccc(Cl)c(Cl)c2)S(C)(=O)=O)cccc1[N+](=O)[O-]. The van der Waals surface area contributed by atoms with Gasteiger partial charge in [-0.05, 0) is 38.1 Å². The number of nitrogens with zero attached hydrogens (tertiary/aromatic N) is 2. The molecule has 11 heteroatoms. The Kier molecular flexibility index (Phi) is 6.53. The van der Waals surface area contributed by atoms with Crippen LogP contribution in [0.2, 0.25) is 10.0 Å². The van der Waals surface area contributed by atoms with E-state index < -0.39 is 26.9 Å². The van der Waals surface area contributed by atoms with E-state index in [4.69, 9.17) is 23.2 Å². The number of benzene rings is 2. The van der Waals surface area contributed by atoms with E-state index in [-0.39, 0.29) is 32.7 Å². The lowest BCUT2D eigenvalue weighted by atomic mass is 10.1. The highest BCUT2D eigenvalue weighted by atomic mass is 35.5. The molecule has 28 heavy (non-hydrogen) atoms. The fourth-order valence-electron chi connectivity index (χ4n) is 2.62. The van der Waals surface area contributed by atoms with Crippen molar-refractivity contribution >= 4 is 56.2 Å². The second-order valence-electron chi connectivity index (χ2n) is 6.03. The van der Waals surface area contributed by atoms with Crippen molar-refractivity contribution in [3.63, 3.8) is 0 Å². The van der Waals surface area contributed by atoms with Crippen molar-refractivity contribution in [3.8, 4) is 0 Å². The number of amides is 1. The number of nitro benzene ring substituents is 1. The van der Waals surface area contributed by atoms with Crippen LogP contribution in [0.15, 0.2) is 36.4 Å². The van der Waals surface area contributed by atoms with Crippen LogP contribution in [0.1, 0.15) is 12.5 Å². The lowest BCUT2D eigenvalue weighted by Gasteiger charge is -2.28. The number of carbonyl (C=O) groups excluding carboxylic acids is 1. The minimum atomic E-state index is -3.85. The number of nitrogens with one attached hydrogen (secondary N) is 1. The van der Waals surface area contributed by atoms with Crippen LogP contribution in [0, 0.1) is 17.0 Å². The number of rotatable bonds is 6. The van der Waals surface area contributed by atoms with Gasteiger partial charge in [-0.3, -0.25) is 19.2 Å². The van der Waals surface area contributed by atoms with Crippen molar-refractivity contribution in [1.82, 2.24) is 0 Å². The average Bonchev–Trinajstić information content (AvgIpc) is 2.58. The van der Waals surface area contributed by atoms with Gasteiger partial charge in [0.15, 0.2) is 0 Å². The van der Waals surface area contributed by atoms with E-state index in [0.717, 1.165) is 10.6 Å². The second kappa shape index (κ2) is 8.34. The highest BCUT2D eigenvalue weighted by Crippen LogP contribution is 2.30. The molecule has 1 amide bonds. The van der Waals surface area contributed by atoms with Crippen LogP contribution in [0.5, 0.6) is 0 Å². The molecule has 0 aliphatic heterocycles. The topological polar surface area (TPSA) is 110 Å². The normalized spacial score (nSPS) is 12.3. The number of anilines is 2. The summed E-state index contributed by atoms with van der Waals surface area (Å²) in [7, 11) is -3.85. The Labute approximate surface area is 172 Å². The van der Waals surface area contributed by atoms with E-state index in [1.54, 1.807) is 0 Å². The third-order valence-electron chi connectivity index (χ3n) is 4.01. The summed E-state index contributed by atoms with van der Waals surface area (Å²) in [5, 5.41) is 14.0. The Bertz CT molecular complexity index is 1040. The minimum Gasteiger partial charge on any atom is -0.324 e. The summed E-state index contributed by atoms with van der Waals surface area (Å²) in [6.07, 6.45) is 0.956. The molecule has 8 nitrogen and oxygen atoms in total. The molecule has 0 saturated heterocycles. The summed E-state index contributed by atoms with van der Waals surface area (Å²) in [5.74, 6) is -0.667. The van der Waals surface area contributed by atoms with Gasteiger partial charge in [0.05, 0.1) is 38.2 Å². The lowest BCUT2D eigenvalue weighted by Crippen LogP contribution is -2.45. The van der Waals surface area contributed by atoms with Gasteiger partial charge in [0, 0.05) is 6.07 Å². The average molecular weight is 446 g/mol. The minimum absolute atomic E-state index is 0.134. The largest absolute Gasteiger partial charge is 0.324 e. The predicted octanol–water partition coefficient (Wildman–Crippen LogP) is 4.00. The number of hydrogen-bond donors (Lipinski definition) is 1. The second-order valence-corrected chi connectivity index (χ2v) is 8.70. The quantitative estimate of drug-likeness (QED) is 0.533. The van der Waals surface area contributed by atoms with Gasteiger partial charge in [-0.2, -0.15) is 0 Å². The lowest BCUT2D eigenvalue weighted by molar-refractivity contribution is -0.385. The molecule has 0 aliphatic rings. The molecule has 2 aromatic carbocycles. The van der Waals surface area contributed by atoms with E-state index >= 15 is 0 Å². The Morgan fingerprint density at radius 1 is 1.21 bits per heavy atom. The van der Waals surface area contributed by atoms with E-state index in [1.807, 2.05) is 0 Å². The Morgan fingerprint density at radius 2 is 1.86 bits per heavy atom. The molecule has 2 aromatic rings. The van der Waals surface area contributed by atoms with Crippen LogP contribution in [0.3, 0.4) is 0 Å². The van der Waals surface area contributed by atoms with Crippen LogP contribution in [0.25, 0.3) is 0 Å². The molecule has 0 fully saturated rings. The maximum Gasteiger partial charge on any atom is 0.274 e. The monoisotopic (exact) mass is 445 g/mol. The summed E-state index contributed by atoms with van der Waals surface area (Å²) >= 11 is 11.8. The molecule has 0 heterocycles. The van der Waals surface area contributed by atoms with Crippen molar-refractivity contribution in [1.29, 1.82) is 0 Å². The summed E-state index contributed by atoms with van der Waals surface area (Å²) in [6.45, 7) is 2.89. The third-order valence-corrected chi connectivity index (χ3v) is 5.99. The van der Waals surface area contributed by atoms with Crippen molar-refractivity contribution in [3.05, 3.63) is 62.1 Å². The van der Waals surface area contributed by atoms with Crippen LogP contribution in [-0.2, 0) is 14.8 Å². The number of sulfonamides is 1. The summed E-state index contributed by atoms with van der Waals surface area (Å²) in [5.41, 5.74) is 0.479. The zero-order valence-electron chi connectivity index (χ0n) is 15.1.